The highest BCUT2D eigenvalue weighted by atomic mass is 35.5. The van der Waals surface area contributed by atoms with Gasteiger partial charge in [-0.1, -0.05) is 90.5 Å². The van der Waals surface area contributed by atoms with E-state index >= 15 is 0 Å². The van der Waals surface area contributed by atoms with Crippen LogP contribution in [0.3, 0.4) is 0 Å². The lowest BCUT2D eigenvalue weighted by Gasteiger charge is -2.15. The maximum Gasteiger partial charge on any atom is 0.131 e. The Bertz CT molecular complexity index is 937. The fraction of sp³-hybridized carbons (Fsp3) is 0.136. The van der Waals surface area contributed by atoms with E-state index in [0.717, 1.165) is 10.6 Å². The molecule has 1 fully saturated rings. The highest BCUT2D eigenvalue weighted by Crippen LogP contribution is 2.56. The molecule has 0 aromatic heterocycles. The van der Waals surface area contributed by atoms with Crippen LogP contribution in [0.5, 0.6) is 0 Å². The summed E-state index contributed by atoms with van der Waals surface area (Å²) in [6.07, 6.45) is -0.0147. The minimum absolute atomic E-state index is 0.0147. The molecule has 2 heterocycles. The standard InChI is InChI=1S/C22H17ClN2/c23-18-14-8-7-13-17(18)22-24-19(15-9-3-1-4-10-15)21-20(25(21)22)16-11-5-2-6-12-16/h1-14,20-22H/t20-,21-,22+,25?/m0/s1. The summed E-state index contributed by atoms with van der Waals surface area (Å²) in [6.45, 7) is 0. The summed E-state index contributed by atoms with van der Waals surface area (Å²) in [7, 11) is 0. The van der Waals surface area contributed by atoms with Gasteiger partial charge in [0.25, 0.3) is 0 Å². The van der Waals surface area contributed by atoms with Crippen molar-refractivity contribution in [3.05, 3.63) is 107 Å². The second-order valence-electron chi connectivity index (χ2n) is 6.52. The predicted molar refractivity (Wildman–Crippen MR) is 102 cm³/mol. The smallest absolute Gasteiger partial charge is 0.131 e. The first-order valence-electron chi connectivity index (χ1n) is 8.54. The zero-order valence-electron chi connectivity index (χ0n) is 13.6. The summed E-state index contributed by atoms with van der Waals surface area (Å²) in [5.74, 6) is 0. The quantitative estimate of drug-likeness (QED) is 0.591. The Balaban J connectivity index is 1.60. The number of hydrogen-bond donors (Lipinski definition) is 0. The van der Waals surface area contributed by atoms with E-state index < -0.39 is 0 Å². The molecule has 0 bridgehead atoms. The molecule has 3 aromatic rings. The number of halogens is 1. The topological polar surface area (TPSA) is 15.4 Å². The number of benzene rings is 3. The summed E-state index contributed by atoms with van der Waals surface area (Å²) in [5.41, 5.74) is 4.79. The third-order valence-corrected chi connectivity index (χ3v) is 5.41. The van der Waals surface area contributed by atoms with Gasteiger partial charge in [0, 0.05) is 10.6 Å². The Labute approximate surface area is 152 Å². The van der Waals surface area contributed by atoms with E-state index in [1.165, 1.54) is 16.8 Å². The second-order valence-corrected chi connectivity index (χ2v) is 6.93. The van der Waals surface area contributed by atoms with E-state index in [-0.39, 0.29) is 6.17 Å². The molecule has 1 unspecified atom stereocenters. The number of nitrogens with zero attached hydrogens (tertiary/aromatic N) is 2. The summed E-state index contributed by atoms with van der Waals surface area (Å²) in [6, 6.07) is 29.9. The second kappa shape index (κ2) is 5.83. The van der Waals surface area contributed by atoms with Gasteiger partial charge in [-0.3, -0.25) is 9.89 Å². The van der Waals surface area contributed by atoms with Crippen molar-refractivity contribution in [1.82, 2.24) is 4.90 Å². The minimum Gasteiger partial charge on any atom is -0.263 e. The molecule has 0 amide bonds. The van der Waals surface area contributed by atoms with Crippen molar-refractivity contribution >= 4 is 17.3 Å². The Hall–Kier alpha value is -2.42. The summed E-state index contributed by atoms with van der Waals surface area (Å²) >= 11 is 6.48. The van der Waals surface area contributed by atoms with Crippen LogP contribution in [-0.4, -0.2) is 16.7 Å². The van der Waals surface area contributed by atoms with Gasteiger partial charge < -0.3 is 0 Å². The monoisotopic (exact) mass is 344 g/mol. The van der Waals surface area contributed by atoms with E-state index in [1.807, 2.05) is 24.3 Å². The Morgan fingerprint density at radius 3 is 2.08 bits per heavy atom. The van der Waals surface area contributed by atoms with Crippen LogP contribution in [0, 0.1) is 0 Å². The lowest BCUT2D eigenvalue weighted by Crippen LogP contribution is -2.08. The minimum atomic E-state index is -0.0147. The number of hydrogen-bond acceptors (Lipinski definition) is 2. The van der Waals surface area contributed by atoms with E-state index in [1.54, 1.807) is 0 Å². The van der Waals surface area contributed by atoms with Crippen molar-refractivity contribution in [3.8, 4) is 0 Å². The van der Waals surface area contributed by atoms with Crippen molar-refractivity contribution in [3.63, 3.8) is 0 Å². The third kappa shape index (κ3) is 2.41. The lowest BCUT2D eigenvalue weighted by atomic mass is 10.0. The molecule has 0 spiro atoms. The van der Waals surface area contributed by atoms with Crippen LogP contribution in [0.1, 0.15) is 28.9 Å². The van der Waals surface area contributed by atoms with Crippen molar-refractivity contribution in [2.24, 2.45) is 4.99 Å². The third-order valence-electron chi connectivity index (χ3n) is 5.07. The molecule has 122 valence electrons. The average Bonchev–Trinajstić information content (AvgIpc) is 3.29. The van der Waals surface area contributed by atoms with E-state index in [4.69, 9.17) is 16.6 Å². The molecular formula is C22H17ClN2. The van der Waals surface area contributed by atoms with E-state index in [9.17, 15) is 0 Å². The average molecular weight is 345 g/mol. The molecule has 4 atom stereocenters. The fourth-order valence-electron chi connectivity index (χ4n) is 3.89. The number of fused-ring (bicyclic) bond motifs is 1. The largest absolute Gasteiger partial charge is 0.263 e. The Kier molecular flexibility index (Phi) is 3.47. The maximum absolute atomic E-state index is 6.48. The van der Waals surface area contributed by atoms with Crippen molar-refractivity contribution < 1.29 is 0 Å². The van der Waals surface area contributed by atoms with Gasteiger partial charge in [0.15, 0.2) is 0 Å². The van der Waals surface area contributed by atoms with Crippen LogP contribution in [0.2, 0.25) is 5.02 Å². The number of rotatable bonds is 3. The molecule has 2 nitrogen and oxygen atoms in total. The number of aliphatic imine (C=N–C) groups is 1. The van der Waals surface area contributed by atoms with Crippen LogP contribution in [0.25, 0.3) is 0 Å². The highest BCUT2D eigenvalue weighted by molar-refractivity contribution is 6.31. The van der Waals surface area contributed by atoms with Crippen LogP contribution in [0.15, 0.2) is 89.9 Å². The van der Waals surface area contributed by atoms with Crippen molar-refractivity contribution in [2.75, 3.05) is 0 Å². The van der Waals surface area contributed by atoms with E-state index in [0.29, 0.717) is 12.1 Å². The van der Waals surface area contributed by atoms with Crippen LogP contribution in [-0.2, 0) is 0 Å². The molecule has 5 rings (SSSR count). The maximum atomic E-state index is 6.48. The zero-order valence-corrected chi connectivity index (χ0v) is 14.3. The van der Waals surface area contributed by atoms with Gasteiger partial charge in [-0.05, 0) is 17.2 Å². The van der Waals surface area contributed by atoms with Gasteiger partial charge in [0.2, 0.25) is 0 Å². The van der Waals surface area contributed by atoms with Crippen molar-refractivity contribution in [1.29, 1.82) is 0 Å². The molecule has 3 heteroatoms. The van der Waals surface area contributed by atoms with Crippen LogP contribution >= 0.6 is 11.6 Å². The first-order valence-corrected chi connectivity index (χ1v) is 8.92. The predicted octanol–water partition coefficient (Wildman–Crippen LogP) is 5.27. The first-order chi connectivity index (χ1) is 12.3. The molecule has 0 N–H and O–H groups in total. The molecule has 25 heavy (non-hydrogen) atoms. The molecule has 2 aliphatic rings. The molecule has 1 saturated heterocycles. The fourth-order valence-corrected chi connectivity index (χ4v) is 4.12. The van der Waals surface area contributed by atoms with Crippen LogP contribution < -0.4 is 0 Å². The molecule has 3 aromatic carbocycles. The molecule has 0 aliphatic carbocycles. The van der Waals surface area contributed by atoms with Gasteiger partial charge in [-0.15, -0.1) is 0 Å². The van der Waals surface area contributed by atoms with E-state index in [2.05, 4.69) is 65.6 Å². The summed E-state index contributed by atoms with van der Waals surface area (Å²) < 4.78 is 0. The summed E-state index contributed by atoms with van der Waals surface area (Å²) in [5, 5.41) is 0.781. The lowest BCUT2D eigenvalue weighted by molar-refractivity contribution is 0.404. The SMILES string of the molecule is Clc1ccccc1[C@@H]1N=C(c2ccccc2)[C@H]2[C@H](c3ccccc3)N12. The van der Waals surface area contributed by atoms with Gasteiger partial charge in [-0.25, -0.2) is 0 Å². The van der Waals surface area contributed by atoms with Gasteiger partial charge >= 0.3 is 0 Å². The highest BCUT2D eigenvalue weighted by Gasteiger charge is 2.59. The zero-order chi connectivity index (χ0) is 16.8. The molecule has 0 radical (unpaired) electrons. The molecule has 2 aliphatic heterocycles. The van der Waals surface area contributed by atoms with Crippen LogP contribution in [0.4, 0.5) is 0 Å². The molecular weight excluding hydrogens is 328 g/mol. The van der Waals surface area contributed by atoms with Crippen molar-refractivity contribution in [2.45, 2.75) is 18.2 Å². The Morgan fingerprint density at radius 1 is 0.720 bits per heavy atom. The normalized spacial score (nSPS) is 26.8. The summed E-state index contributed by atoms with van der Waals surface area (Å²) in [4.78, 5) is 7.51. The Morgan fingerprint density at radius 2 is 1.36 bits per heavy atom. The van der Waals surface area contributed by atoms with Gasteiger partial charge in [-0.2, -0.15) is 0 Å². The molecule has 0 saturated carbocycles. The van der Waals surface area contributed by atoms with Gasteiger partial charge in [0.1, 0.15) is 6.17 Å². The van der Waals surface area contributed by atoms with Gasteiger partial charge in [0.05, 0.1) is 17.8 Å². The first kappa shape index (κ1) is 14.9.